The molecule has 0 unspecified atom stereocenters. The summed E-state index contributed by atoms with van der Waals surface area (Å²) in [7, 11) is 0. The SMILES string of the molecule is CCN(CC1CCNCC1)C(=O)CCCc1cccs1. The molecule has 2 rings (SSSR count). The summed E-state index contributed by atoms with van der Waals surface area (Å²) < 4.78 is 0. The van der Waals surface area contributed by atoms with E-state index in [1.54, 1.807) is 11.3 Å². The van der Waals surface area contributed by atoms with Crippen molar-refractivity contribution in [1.29, 1.82) is 0 Å². The molecule has 1 aliphatic rings. The van der Waals surface area contributed by atoms with Crippen molar-refractivity contribution in [3.05, 3.63) is 22.4 Å². The lowest BCUT2D eigenvalue weighted by Crippen LogP contribution is -2.39. The molecule has 20 heavy (non-hydrogen) atoms. The number of thiophene rings is 1. The van der Waals surface area contributed by atoms with Gasteiger partial charge in [0.15, 0.2) is 0 Å². The Bertz CT molecular complexity index is 385. The van der Waals surface area contributed by atoms with Crippen LogP contribution in [0.4, 0.5) is 0 Å². The Hall–Kier alpha value is -0.870. The molecule has 1 fully saturated rings. The summed E-state index contributed by atoms with van der Waals surface area (Å²) in [6.45, 7) is 6.11. The Balaban J connectivity index is 1.70. The maximum Gasteiger partial charge on any atom is 0.222 e. The summed E-state index contributed by atoms with van der Waals surface area (Å²) in [5.74, 6) is 1.03. The van der Waals surface area contributed by atoms with Crippen LogP contribution in [0.3, 0.4) is 0 Å². The van der Waals surface area contributed by atoms with E-state index >= 15 is 0 Å². The van der Waals surface area contributed by atoms with E-state index in [2.05, 4.69) is 34.7 Å². The van der Waals surface area contributed by atoms with Crippen LogP contribution in [0.1, 0.15) is 37.5 Å². The summed E-state index contributed by atoms with van der Waals surface area (Å²) in [5.41, 5.74) is 0. The lowest BCUT2D eigenvalue weighted by Gasteiger charge is -2.29. The molecule has 0 spiro atoms. The van der Waals surface area contributed by atoms with E-state index in [9.17, 15) is 4.79 Å². The number of amides is 1. The second-order valence-electron chi connectivity index (χ2n) is 5.56. The smallest absolute Gasteiger partial charge is 0.222 e. The maximum absolute atomic E-state index is 12.3. The largest absolute Gasteiger partial charge is 0.343 e. The molecule has 1 N–H and O–H groups in total. The molecule has 1 aromatic heterocycles. The predicted octanol–water partition coefficient (Wildman–Crippen LogP) is 2.92. The summed E-state index contributed by atoms with van der Waals surface area (Å²) in [4.78, 5) is 15.7. The highest BCUT2D eigenvalue weighted by molar-refractivity contribution is 7.09. The van der Waals surface area contributed by atoms with Crippen molar-refractivity contribution >= 4 is 17.2 Å². The molecule has 0 aromatic carbocycles. The molecule has 1 aliphatic heterocycles. The Kier molecular flexibility index (Phi) is 6.54. The summed E-state index contributed by atoms with van der Waals surface area (Å²) in [5, 5.41) is 5.49. The zero-order valence-electron chi connectivity index (χ0n) is 12.4. The molecular formula is C16H26N2OS. The normalized spacial score (nSPS) is 16.2. The number of aryl methyl sites for hydroxylation is 1. The van der Waals surface area contributed by atoms with E-state index < -0.39 is 0 Å². The monoisotopic (exact) mass is 294 g/mol. The maximum atomic E-state index is 12.3. The molecule has 0 radical (unpaired) electrons. The van der Waals surface area contributed by atoms with Crippen molar-refractivity contribution in [3.8, 4) is 0 Å². The Morgan fingerprint density at radius 3 is 2.90 bits per heavy atom. The number of hydrogen-bond donors (Lipinski definition) is 1. The Morgan fingerprint density at radius 1 is 1.45 bits per heavy atom. The van der Waals surface area contributed by atoms with Crippen LogP contribution >= 0.6 is 11.3 Å². The fraction of sp³-hybridized carbons (Fsp3) is 0.688. The van der Waals surface area contributed by atoms with Gasteiger partial charge in [-0.3, -0.25) is 4.79 Å². The van der Waals surface area contributed by atoms with Crippen LogP contribution in [0, 0.1) is 5.92 Å². The second-order valence-corrected chi connectivity index (χ2v) is 6.59. The van der Waals surface area contributed by atoms with Gasteiger partial charge in [-0.1, -0.05) is 6.07 Å². The number of nitrogens with one attached hydrogen (secondary N) is 1. The third kappa shape index (κ3) is 4.91. The highest BCUT2D eigenvalue weighted by Gasteiger charge is 2.19. The topological polar surface area (TPSA) is 32.3 Å². The number of nitrogens with zero attached hydrogens (tertiary/aromatic N) is 1. The molecule has 112 valence electrons. The Morgan fingerprint density at radius 2 is 2.25 bits per heavy atom. The average Bonchev–Trinajstić information content (AvgIpc) is 2.99. The van der Waals surface area contributed by atoms with E-state index in [0.29, 0.717) is 18.2 Å². The molecule has 1 aromatic rings. The van der Waals surface area contributed by atoms with Crippen LogP contribution in [0.5, 0.6) is 0 Å². The van der Waals surface area contributed by atoms with Gasteiger partial charge in [-0.25, -0.2) is 0 Å². The van der Waals surface area contributed by atoms with Gasteiger partial charge in [-0.15, -0.1) is 11.3 Å². The van der Waals surface area contributed by atoms with Crippen LogP contribution in [0.2, 0.25) is 0 Å². The van der Waals surface area contributed by atoms with Gasteiger partial charge in [-0.05, 0) is 63.1 Å². The van der Waals surface area contributed by atoms with Crippen LogP contribution in [-0.2, 0) is 11.2 Å². The number of hydrogen-bond acceptors (Lipinski definition) is 3. The Labute approximate surface area is 126 Å². The molecule has 3 nitrogen and oxygen atoms in total. The van der Waals surface area contributed by atoms with E-state index in [0.717, 1.165) is 39.0 Å². The standard InChI is InChI=1S/C16H26N2OS/c1-2-18(13-14-8-10-17-11-9-14)16(19)7-3-5-15-6-4-12-20-15/h4,6,12,14,17H,2-3,5,7-11,13H2,1H3. The predicted molar refractivity (Wildman–Crippen MR) is 85.1 cm³/mol. The molecule has 0 saturated carbocycles. The molecule has 0 aliphatic carbocycles. The summed E-state index contributed by atoms with van der Waals surface area (Å²) in [6, 6.07) is 4.24. The first kappa shape index (κ1) is 15.5. The number of rotatable bonds is 7. The molecule has 4 heteroatoms. The highest BCUT2D eigenvalue weighted by atomic mass is 32.1. The first-order valence-corrected chi connectivity index (χ1v) is 8.68. The van der Waals surface area contributed by atoms with Gasteiger partial charge in [0.05, 0.1) is 0 Å². The van der Waals surface area contributed by atoms with E-state index in [4.69, 9.17) is 0 Å². The first-order valence-electron chi connectivity index (χ1n) is 7.80. The fourth-order valence-electron chi connectivity index (χ4n) is 2.81. The summed E-state index contributed by atoms with van der Waals surface area (Å²) >= 11 is 1.79. The van der Waals surface area contributed by atoms with Crippen molar-refractivity contribution in [2.45, 2.75) is 39.0 Å². The molecule has 1 saturated heterocycles. The minimum absolute atomic E-state index is 0.336. The molecule has 0 atom stereocenters. The molecule has 2 heterocycles. The number of piperidine rings is 1. The van der Waals surface area contributed by atoms with Gasteiger partial charge in [0, 0.05) is 24.4 Å². The van der Waals surface area contributed by atoms with E-state index in [-0.39, 0.29) is 0 Å². The lowest BCUT2D eigenvalue weighted by atomic mass is 9.97. The molecule has 1 amide bonds. The number of carbonyl (C=O) groups excluding carboxylic acids is 1. The van der Waals surface area contributed by atoms with Crippen LogP contribution in [-0.4, -0.2) is 37.0 Å². The van der Waals surface area contributed by atoms with Crippen LogP contribution in [0.25, 0.3) is 0 Å². The van der Waals surface area contributed by atoms with Crippen molar-refractivity contribution < 1.29 is 4.79 Å². The van der Waals surface area contributed by atoms with Crippen molar-refractivity contribution in [3.63, 3.8) is 0 Å². The first-order chi connectivity index (χ1) is 9.79. The zero-order chi connectivity index (χ0) is 14.2. The van der Waals surface area contributed by atoms with Crippen LogP contribution < -0.4 is 5.32 Å². The molecule has 0 bridgehead atoms. The van der Waals surface area contributed by atoms with Gasteiger partial charge in [0.1, 0.15) is 0 Å². The van der Waals surface area contributed by atoms with Crippen molar-refractivity contribution in [2.75, 3.05) is 26.2 Å². The van der Waals surface area contributed by atoms with E-state index in [1.165, 1.54) is 17.7 Å². The van der Waals surface area contributed by atoms with E-state index in [1.807, 2.05) is 0 Å². The lowest BCUT2D eigenvalue weighted by molar-refractivity contribution is -0.131. The zero-order valence-corrected chi connectivity index (χ0v) is 13.3. The second kappa shape index (κ2) is 8.42. The number of carbonyl (C=O) groups is 1. The minimum Gasteiger partial charge on any atom is -0.343 e. The summed E-state index contributed by atoms with van der Waals surface area (Å²) in [6.07, 6.45) is 5.12. The quantitative estimate of drug-likeness (QED) is 0.838. The van der Waals surface area contributed by atoms with Gasteiger partial charge >= 0.3 is 0 Å². The molecular weight excluding hydrogens is 268 g/mol. The third-order valence-corrected chi connectivity index (χ3v) is 5.00. The fourth-order valence-corrected chi connectivity index (χ4v) is 3.56. The highest BCUT2D eigenvalue weighted by Crippen LogP contribution is 2.16. The minimum atomic E-state index is 0.336. The van der Waals surface area contributed by atoms with Gasteiger partial charge in [-0.2, -0.15) is 0 Å². The van der Waals surface area contributed by atoms with Crippen molar-refractivity contribution in [1.82, 2.24) is 10.2 Å². The van der Waals surface area contributed by atoms with Gasteiger partial charge in [0.25, 0.3) is 0 Å². The van der Waals surface area contributed by atoms with Gasteiger partial charge in [0.2, 0.25) is 5.91 Å². The third-order valence-electron chi connectivity index (χ3n) is 4.07. The van der Waals surface area contributed by atoms with Crippen molar-refractivity contribution in [2.24, 2.45) is 5.92 Å². The van der Waals surface area contributed by atoms with Gasteiger partial charge < -0.3 is 10.2 Å². The average molecular weight is 294 g/mol. The van der Waals surface area contributed by atoms with Crippen LogP contribution in [0.15, 0.2) is 17.5 Å².